The van der Waals surface area contributed by atoms with Gasteiger partial charge < -0.3 is 11.1 Å². The van der Waals surface area contributed by atoms with Crippen LogP contribution in [0.5, 0.6) is 0 Å². The molecule has 0 radical (unpaired) electrons. The number of aromatic amines is 1. The Kier molecular flexibility index (Phi) is 3.20. The lowest BCUT2D eigenvalue weighted by Gasteiger charge is -2.06. The van der Waals surface area contributed by atoms with Crippen LogP contribution in [0.25, 0.3) is 0 Å². The van der Waals surface area contributed by atoms with Crippen molar-refractivity contribution in [3.05, 3.63) is 34.6 Å². The van der Waals surface area contributed by atoms with Gasteiger partial charge in [0.25, 0.3) is 5.91 Å². The molecule has 0 unspecified atom stereocenters. The van der Waals surface area contributed by atoms with Crippen LogP contribution in [0.15, 0.2) is 18.2 Å². The molecule has 17 heavy (non-hydrogen) atoms. The average Bonchev–Trinajstić information content (AvgIpc) is 2.82. The van der Waals surface area contributed by atoms with Gasteiger partial charge >= 0.3 is 0 Å². The van der Waals surface area contributed by atoms with Gasteiger partial charge in [-0.05, 0) is 12.1 Å². The van der Waals surface area contributed by atoms with Crippen LogP contribution in [0.2, 0.25) is 5.02 Å². The van der Waals surface area contributed by atoms with E-state index < -0.39 is 0 Å². The Hall–Kier alpha value is -2.15. The van der Waals surface area contributed by atoms with E-state index in [2.05, 4.69) is 25.9 Å². The van der Waals surface area contributed by atoms with Crippen LogP contribution in [0.3, 0.4) is 0 Å². The molecule has 1 aromatic heterocycles. The lowest BCUT2D eigenvalue weighted by molar-refractivity contribution is 0.0950. The lowest BCUT2D eigenvalue weighted by Crippen LogP contribution is -2.24. The molecule has 0 bridgehead atoms. The fourth-order valence-corrected chi connectivity index (χ4v) is 1.45. The highest BCUT2D eigenvalue weighted by Crippen LogP contribution is 2.22. The first-order chi connectivity index (χ1) is 8.18. The number of tetrazole rings is 1. The molecular weight excluding hydrogens is 244 g/mol. The van der Waals surface area contributed by atoms with E-state index in [-0.39, 0.29) is 17.5 Å². The summed E-state index contributed by atoms with van der Waals surface area (Å²) < 4.78 is 0. The number of hydrogen-bond acceptors (Lipinski definition) is 5. The molecule has 7 nitrogen and oxygen atoms in total. The highest BCUT2D eigenvalue weighted by molar-refractivity contribution is 6.36. The molecule has 4 N–H and O–H groups in total. The summed E-state index contributed by atoms with van der Waals surface area (Å²) in [5.74, 6) is 0.0467. The van der Waals surface area contributed by atoms with Crippen LogP contribution in [-0.4, -0.2) is 26.5 Å². The second-order valence-corrected chi connectivity index (χ2v) is 3.60. The molecule has 0 atom stereocenters. The molecule has 0 fully saturated rings. The van der Waals surface area contributed by atoms with Crippen molar-refractivity contribution in [1.29, 1.82) is 0 Å². The molecular formula is C9H9ClN6O. The molecule has 0 aliphatic rings. The Morgan fingerprint density at radius 1 is 1.53 bits per heavy atom. The lowest BCUT2D eigenvalue weighted by atomic mass is 10.2. The van der Waals surface area contributed by atoms with Crippen molar-refractivity contribution in [3.8, 4) is 0 Å². The van der Waals surface area contributed by atoms with Crippen molar-refractivity contribution < 1.29 is 4.79 Å². The summed E-state index contributed by atoms with van der Waals surface area (Å²) in [6.07, 6.45) is 0. The van der Waals surface area contributed by atoms with Crippen molar-refractivity contribution in [2.45, 2.75) is 6.54 Å². The van der Waals surface area contributed by atoms with E-state index in [1.807, 2.05) is 0 Å². The average molecular weight is 253 g/mol. The van der Waals surface area contributed by atoms with E-state index >= 15 is 0 Å². The normalized spacial score (nSPS) is 10.2. The number of nitrogens with two attached hydrogens (primary N) is 1. The largest absolute Gasteiger partial charge is 0.398 e. The Morgan fingerprint density at radius 2 is 2.35 bits per heavy atom. The van der Waals surface area contributed by atoms with E-state index in [0.717, 1.165) is 0 Å². The number of amides is 1. The molecule has 1 amide bonds. The van der Waals surface area contributed by atoms with E-state index in [1.165, 1.54) is 0 Å². The summed E-state index contributed by atoms with van der Waals surface area (Å²) in [5.41, 5.74) is 6.27. The molecule has 0 aliphatic heterocycles. The molecule has 2 aromatic rings. The maximum atomic E-state index is 11.8. The molecule has 0 saturated heterocycles. The number of hydrogen-bond donors (Lipinski definition) is 3. The maximum Gasteiger partial charge on any atom is 0.253 e. The van der Waals surface area contributed by atoms with Gasteiger partial charge in [0.05, 0.1) is 22.8 Å². The topological polar surface area (TPSA) is 110 Å². The molecule has 0 saturated carbocycles. The fraction of sp³-hybridized carbons (Fsp3) is 0.111. The molecule has 88 valence electrons. The quantitative estimate of drug-likeness (QED) is 0.684. The third-order valence-electron chi connectivity index (χ3n) is 2.07. The minimum absolute atomic E-state index is 0.167. The summed E-state index contributed by atoms with van der Waals surface area (Å²) in [6, 6.07) is 4.87. The molecule has 8 heteroatoms. The van der Waals surface area contributed by atoms with Crippen molar-refractivity contribution in [2.75, 3.05) is 5.73 Å². The number of halogens is 1. The molecule has 0 spiro atoms. The van der Waals surface area contributed by atoms with Gasteiger partial charge in [-0.25, -0.2) is 0 Å². The molecule has 1 aromatic carbocycles. The van der Waals surface area contributed by atoms with Gasteiger partial charge in [-0.15, -0.1) is 10.2 Å². The third kappa shape index (κ3) is 2.51. The number of nitrogens with zero attached hydrogens (tertiary/aromatic N) is 3. The first-order valence-electron chi connectivity index (χ1n) is 4.73. The SMILES string of the molecule is Nc1cccc(C(=O)NCc2nn[nH]n2)c1Cl. The summed E-state index contributed by atoms with van der Waals surface area (Å²) in [4.78, 5) is 11.8. The van der Waals surface area contributed by atoms with Gasteiger partial charge in [0.15, 0.2) is 5.82 Å². The number of nitrogens with one attached hydrogen (secondary N) is 2. The number of carbonyl (C=O) groups is 1. The maximum absolute atomic E-state index is 11.8. The van der Waals surface area contributed by atoms with Gasteiger partial charge in [0.2, 0.25) is 0 Å². The van der Waals surface area contributed by atoms with Crippen molar-refractivity contribution in [2.24, 2.45) is 0 Å². The Labute approximate surface area is 101 Å². The van der Waals surface area contributed by atoms with Crippen molar-refractivity contribution in [1.82, 2.24) is 25.9 Å². The van der Waals surface area contributed by atoms with Gasteiger partial charge in [-0.3, -0.25) is 4.79 Å². The predicted molar refractivity (Wildman–Crippen MR) is 61.2 cm³/mol. The van der Waals surface area contributed by atoms with Gasteiger partial charge in [0.1, 0.15) is 0 Å². The summed E-state index contributed by atoms with van der Waals surface area (Å²) in [6.45, 7) is 0.167. The number of carbonyl (C=O) groups excluding carboxylic acids is 1. The monoisotopic (exact) mass is 252 g/mol. The van der Waals surface area contributed by atoms with Crippen LogP contribution >= 0.6 is 11.6 Å². The summed E-state index contributed by atoms with van der Waals surface area (Å²) in [7, 11) is 0. The van der Waals surface area contributed by atoms with Gasteiger partial charge in [0, 0.05) is 0 Å². The number of anilines is 1. The van der Waals surface area contributed by atoms with Crippen LogP contribution in [-0.2, 0) is 6.54 Å². The Morgan fingerprint density at radius 3 is 3.06 bits per heavy atom. The van der Waals surface area contributed by atoms with Crippen LogP contribution in [0, 0.1) is 0 Å². The van der Waals surface area contributed by atoms with Gasteiger partial charge in [-0.2, -0.15) is 5.21 Å². The molecule has 2 rings (SSSR count). The number of H-pyrrole nitrogens is 1. The van der Waals surface area contributed by atoms with Gasteiger partial charge in [-0.1, -0.05) is 22.9 Å². The number of benzene rings is 1. The zero-order valence-corrected chi connectivity index (χ0v) is 9.40. The second kappa shape index (κ2) is 4.79. The fourth-order valence-electron chi connectivity index (χ4n) is 1.24. The number of nitrogen functional groups attached to an aromatic ring is 1. The third-order valence-corrected chi connectivity index (χ3v) is 2.49. The smallest absolute Gasteiger partial charge is 0.253 e. The zero-order valence-electron chi connectivity index (χ0n) is 8.64. The molecule has 1 heterocycles. The molecule has 0 aliphatic carbocycles. The summed E-state index contributed by atoms with van der Waals surface area (Å²) in [5, 5.41) is 15.9. The second-order valence-electron chi connectivity index (χ2n) is 3.22. The number of rotatable bonds is 3. The first kappa shape index (κ1) is 11.3. The van der Waals surface area contributed by atoms with E-state index in [9.17, 15) is 4.79 Å². The minimum atomic E-state index is -0.341. The standard InChI is InChI=1S/C9H9ClN6O/c10-8-5(2-1-3-6(8)11)9(17)12-4-7-13-15-16-14-7/h1-3H,4,11H2,(H,12,17)(H,13,14,15,16). The first-order valence-corrected chi connectivity index (χ1v) is 5.11. The van der Waals surface area contributed by atoms with E-state index in [1.54, 1.807) is 18.2 Å². The predicted octanol–water partition coefficient (Wildman–Crippen LogP) is 0.365. The van der Waals surface area contributed by atoms with Crippen LogP contribution in [0.4, 0.5) is 5.69 Å². The number of aromatic nitrogens is 4. The van der Waals surface area contributed by atoms with Crippen molar-refractivity contribution in [3.63, 3.8) is 0 Å². The van der Waals surface area contributed by atoms with Crippen LogP contribution < -0.4 is 11.1 Å². The minimum Gasteiger partial charge on any atom is -0.398 e. The van der Waals surface area contributed by atoms with E-state index in [4.69, 9.17) is 17.3 Å². The zero-order chi connectivity index (χ0) is 12.3. The summed E-state index contributed by atoms with van der Waals surface area (Å²) >= 11 is 5.91. The van der Waals surface area contributed by atoms with E-state index in [0.29, 0.717) is 17.1 Å². The Balaban J connectivity index is 2.07. The highest BCUT2D eigenvalue weighted by atomic mass is 35.5. The highest BCUT2D eigenvalue weighted by Gasteiger charge is 2.12. The van der Waals surface area contributed by atoms with Crippen LogP contribution in [0.1, 0.15) is 16.2 Å². The van der Waals surface area contributed by atoms with Crippen molar-refractivity contribution >= 4 is 23.2 Å². The Bertz CT molecular complexity index is 526.